The molecule has 0 aliphatic heterocycles. The number of esters is 1. The molecule has 1 N–H and O–H groups in total. The standard InChI is InChI=1S/C10H11NO4/c1-15-10(13)9-4-2-8(3-5-9)6-11(14)7-12/h2-5,7,14H,6H2,1H3. The molecule has 80 valence electrons. The third-order valence-corrected chi connectivity index (χ3v) is 1.84. The van der Waals surface area contributed by atoms with Gasteiger partial charge in [0.1, 0.15) is 0 Å². The summed E-state index contributed by atoms with van der Waals surface area (Å²) in [6.07, 6.45) is 0.314. The maximum Gasteiger partial charge on any atom is 0.337 e. The fourth-order valence-electron chi connectivity index (χ4n) is 1.09. The highest BCUT2D eigenvalue weighted by atomic mass is 16.5. The normalized spacial score (nSPS) is 9.47. The molecule has 1 amide bonds. The Balaban J connectivity index is 2.72. The summed E-state index contributed by atoms with van der Waals surface area (Å²) in [5.74, 6) is -0.419. The number of ether oxygens (including phenoxy) is 1. The first-order valence-corrected chi connectivity index (χ1v) is 4.25. The first-order valence-electron chi connectivity index (χ1n) is 4.25. The second kappa shape index (κ2) is 5.11. The third kappa shape index (κ3) is 3.07. The lowest BCUT2D eigenvalue weighted by atomic mass is 10.1. The van der Waals surface area contributed by atoms with Gasteiger partial charge < -0.3 is 4.74 Å². The summed E-state index contributed by atoms with van der Waals surface area (Å²) < 4.78 is 4.52. The molecule has 15 heavy (non-hydrogen) atoms. The number of hydrogen-bond acceptors (Lipinski definition) is 4. The SMILES string of the molecule is COC(=O)c1ccc(CN(O)C=O)cc1. The van der Waals surface area contributed by atoms with Crippen LogP contribution in [-0.4, -0.2) is 29.8 Å². The van der Waals surface area contributed by atoms with Gasteiger partial charge in [-0.1, -0.05) is 12.1 Å². The summed E-state index contributed by atoms with van der Waals surface area (Å²) in [5.41, 5.74) is 1.15. The molecule has 5 nitrogen and oxygen atoms in total. The van der Waals surface area contributed by atoms with E-state index in [1.54, 1.807) is 24.3 Å². The number of rotatable bonds is 4. The Kier molecular flexibility index (Phi) is 3.82. The zero-order valence-corrected chi connectivity index (χ0v) is 8.21. The molecule has 0 heterocycles. The Hall–Kier alpha value is -1.88. The first kappa shape index (κ1) is 11.2. The largest absolute Gasteiger partial charge is 0.465 e. The zero-order chi connectivity index (χ0) is 11.3. The lowest BCUT2D eigenvalue weighted by Gasteiger charge is -2.08. The molecule has 0 aromatic heterocycles. The highest BCUT2D eigenvalue weighted by molar-refractivity contribution is 5.89. The van der Waals surface area contributed by atoms with E-state index in [4.69, 9.17) is 5.21 Å². The van der Waals surface area contributed by atoms with Gasteiger partial charge in [0.2, 0.25) is 6.41 Å². The Labute approximate surface area is 86.8 Å². The molecule has 0 atom stereocenters. The van der Waals surface area contributed by atoms with Crippen LogP contribution in [0.5, 0.6) is 0 Å². The summed E-state index contributed by atoms with van der Waals surface area (Å²) in [6, 6.07) is 6.41. The third-order valence-electron chi connectivity index (χ3n) is 1.84. The van der Waals surface area contributed by atoms with E-state index < -0.39 is 5.97 Å². The van der Waals surface area contributed by atoms with Crippen molar-refractivity contribution in [3.8, 4) is 0 Å². The molecule has 0 spiro atoms. The van der Waals surface area contributed by atoms with Crippen LogP contribution in [0, 0.1) is 0 Å². The number of carbonyl (C=O) groups excluding carboxylic acids is 2. The smallest absolute Gasteiger partial charge is 0.337 e. The molecule has 1 aromatic rings. The average Bonchev–Trinajstić information content (AvgIpc) is 2.29. The van der Waals surface area contributed by atoms with Crippen molar-refractivity contribution < 1.29 is 19.5 Å². The average molecular weight is 209 g/mol. The van der Waals surface area contributed by atoms with Crippen molar-refractivity contribution in [1.29, 1.82) is 0 Å². The van der Waals surface area contributed by atoms with Crippen molar-refractivity contribution in [1.82, 2.24) is 5.06 Å². The maximum atomic E-state index is 11.1. The van der Waals surface area contributed by atoms with E-state index in [-0.39, 0.29) is 6.54 Å². The van der Waals surface area contributed by atoms with Gasteiger partial charge in [0.25, 0.3) is 0 Å². The maximum absolute atomic E-state index is 11.1. The molecule has 5 heteroatoms. The van der Waals surface area contributed by atoms with Gasteiger partial charge in [0, 0.05) is 0 Å². The summed E-state index contributed by atoms with van der Waals surface area (Å²) >= 11 is 0. The molecule has 0 aliphatic rings. The molecule has 1 rings (SSSR count). The molecule has 0 fully saturated rings. The van der Waals surface area contributed by atoms with Gasteiger partial charge in [0.15, 0.2) is 0 Å². The quantitative estimate of drug-likeness (QED) is 0.345. The van der Waals surface area contributed by atoms with Gasteiger partial charge in [-0.15, -0.1) is 0 Å². The lowest BCUT2D eigenvalue weighted by molar-refractivity contribution is -0.152. The molecular weight excluding hydrogens is 198 g/mol. The minimum Gasteiger partial charge on any atom is -0.465 e. The van der Waals surface area contributed by atoms with Crippen LogP contribution in [0.4, 0.5) is 0 Å². The van der Waals surface area contributed by atoms with Crippen LogP contribution in [-0.2, 0) is 16.1 Å². The second-order valence-electron chi connectivity index (χ2n) is 2.89. The topological polar surface area (TPSA) is 66.8 Å². The zero-order valence-electron chi connectivity index (χ0n) is 8.21. The monoisotopic (exact) mass is 209 g/mol. The summed E-state index contributed by atoms with van der Waals surface area (Å²) in [5, 5.41) is 9.43. The van der Waals surface area contributed by atoms with Crippen LogP contribution >= 0.6 is 0 Å². The number of amides is 1. The number of nitrogens with zero attached hydrogens (tertiary/aromatic N) is 1. The van der Waals surface area contributed by atoms with Gasteiger partial charge in [0.05, 0.1) is 19.2 Å². The number of hydrogen-bond donors (Lipinski definition) is 1. The van der Waals surface area contributed by atoms with Gasteiger partial charge in [-0.05, 0) is 17.7 Å². The number of benzene rings is 1. The Bertz CT molecular complexity index is 347. The summed E-state index contributed by atoms with van der Waals surface area (Å²) in [4.78, 5) is 21.2. The van der Waals surface area contributed by atoms with E-state index in [9.17, 15) is 9.59 Å². The lowest BCUT2D eigenvalue weighted by Crippen LogP contribution is -2.15. The van der Waals surface area contributed by atoms with Gasteiger partial charge in [-0.3, -0.25) is 10.0 Å². The van der Waals surface area contributed by atoms with Crippen LogP contribution in [0.25, 0.3) is 0 Å². The number of hydroxylamine groups is 2. The molecule has 0 bridgehead atoms. The molecule has 0 saturated carbocycles. The molecule has 1 aromatic carbocycles. The number of carbonyl (C=O) groups is 2. The van der Waals surface area contributed by atoms with Crippen LogP contribution in [0.1, 0.15) is 15.9 Å². The fourth-order valence-corrected chi connectivity index (χ4v) is 1.09. The van der Waals surface area contributed by atoms with E-state index in [2.05, 4.69) is 4.74 Å². The van der Waals surface area contributed by atoms with Gasteiger partial charge in [-0.25, -0.2) is 9.86 Å². The fraction of sp³-hybridized carbons (Fsp3) is 0.200. The van der Waals surface area contributed by atoms with Gasteiger partial charge >= 0.3 is 5.97 Å². The minimum atomic E-state index is -0.419. The van der Waals surface area contributed by atoms with Crippen LogP contribution in [0.3, 0.4) is 0 Å². The van der Waals surface area contributed by atoms with Crippen molar-refractivity contribution in [3.05, 3.63) is 35.4 Å². The highest BCUT2D eigenvalue weighted by Crippen LogP contribution is 2.06. The van der Waals surface area contributed by atoms with Crippen molar-refractivity contribution in [2.45, 2.75) is 6.54 Å². The minimum absolute atomic E-state index is 0.0882. The Morgan fingerprint density at radius 2 is 2.07 bits per heavy atom. The number of methoxy groups -OCH3 is 1. The van der Waals surface area contributed by atoms with Gasteiger partial charge in [-0.2, -0.15) is 0 Å². The van der Waals surface area contributed by atoms with Crippen molar-refractivity contribution >= 4 is 12.4 Å². The van der Waals surface area contributed by atoms with E-state index in [1.165, 1.54) is 7.11 Å². The molecule has 0 radical (unpaired) electrons. The van der Waals surface area contributed by atoms with Crippen LogP contribution in [0.15, 0.2) is 24.3 Å². The predicted molar refractivity (Wildman–Crippen MR) is 51.2 cm³/mol. The molecule has 0 unspecified atom stereocenters. The first-order chi connectivity index (χ1) is 7.17. The Morgan fingerprint density at radius 1 is 1.47 bits per heavy atom. The van der Waals surface area contributed by atoms with E-state index in [0.717, 1.165) is 5.56 Å². The predicted octanol–water partition coefficient (Wildman–Crippen LogP) is 0.821. The van der Waals surface area contributed by atoms with E-state index in [1.807, 2.05) is 0 Å². The van der Waals surface area contributed by atoms with E-state index in [0.29, 0.717) is 17.0 Å². The molecular formula is C10H11NO4. The van der Waals surface area contributed by atoms with Crippen molar-refractivity contribution in [3.63, 3.8) is 0 Å². The van der Waals surface area contributed by atoms with E-state index >= 15 is 0 Å². The second-order valence-corrected chi connectivity index (χ2v) is 2.89. The molecule has 0 aliphatic carbocycles. The molecule has 0 saturated heterocycles. The highest BCUT2D eigenvalue weighted by Gasteiger charge is 2.05. The van der Waals surface area contributed by atoms with Crippen molar-refractivity contribution in [2.24, 2.45) is 0 Å². The van der Waals surface area contributed by atoms with Crippen LogP contribution in [0.2, 0.25) is 0 Å². The van der Waals surface area contributed by atoms with Crippen molar-refractivity contribution in [2.75, 3.05) is 7.11 Å². The van der Waals surface area contributed by atoms with Crippen LogP contribution < -0.4 is 0 Å². The Morgan fingerprint density at radius 3 is 2.53 bits per heavy atom. The summed E-state index contributed by atoms with van der Waals surface area (Å²) in [6.45, 7) is 0.0882. The summed E-state index contributed by atoms with van der Waals surface area (Å²) in [7, 11) is 1.30.